The molecular formula is C15H16ClNO2. The molecule has 100 valence electrons. The molecule has 0 aliphatic carbocycles. The molecule has 0 heterocycles. The molecule has 2 N–H and O–H groups in total. The predicted molar refractivity (Wildman–Crippen MR) is 78.1 cm³/mol. The Morgan fingerprint density at radius 1 is 1.21 bits per heavy atom. The third-order valence-electron chi connectivity index (χ3n) is 2.65. The highest BCUT2D eigenvalue weighted by atomic mass is 35.5. The first-order chi connectivity index (χ1) is 9.19. The SMILES string of the molecule is CCOc1cc(CNc2cccc(Cl)c2)ccc1O. The molecule has 2 aromatic carbocycles. The molecule has 0 fully saturated rings. The molecule has 19 heavy (non-hydrogen) atoms. The van der Waals surface area contributed by atoms with E-state index in [1.807, 2.05) is 43.3 Å². The van der Waals surface area contributed by atoms with E-state index < -0.39 is 0 Å². The van der Waals surface area contributed by atoms with Crippen molar-refractivity contribution in [2.45, 2.75) is 13.5 Å². The standard InChI is InChI=1S/C15H16ClNO2/c1-2-19-15-8-11(6-7-14(15)18)10-17-13-5-3-4-12(16)9-13/h3-9,17-18H,2,10H2,1H3. The molecule has 0 saturated carbocycles. The van der Waals surface area contributed by atoms with Crippen molar-refractivity contribution in [2.75, 3.05) is 11.9 Å². The normalized spacial score (nSPS) is 10.2. The van der Waals surface area contributed by atoms with Gasteiger partial charge in [0.1, 0.15) is 0 Å². The smallest absolute Gasteiger partial charge is 0.161 e. The van der Waals surface area contributed by atoms with Crippen molar-refractivity contribution in [1.29, 1.82) is 0 Å². The lowest BCUT2D eigenvalue weighted by molar-refractivity contribution is 0.318. The van der Waals surface area contributed by atoms with Crippen molar-refractivity contribution in [3.8, 4) is 11.5 Å². The summed E-state index contributed by atoms with van der Waals surface area (Å²) in [5.74, 6) is 0.668. The van der Waals surface area contributed by atoms with Gasteiger partial charge in [0.2, 0.25) is 0 Å². The van der Waals surface area contributed by atoms with Gasteiger partial charge in [0.25, 0.3) is 0 Å². The topological polar surface area (TPSA) is 41.5 Å². The average Bonchev–Trinajstić information content (AvgIpc) is 2.40. The highest BCUT2D eigenvalue weighted by molar-refractivity contribution is 6.30. The number of phenolic OH excluding ortho intramolecular Hbond substituents is 1. The Bertz CT molecular complexity index is 558. The predicted octanol–water partition coefficient (Wildman–Crippen LogP) is 4.06. The fraction of sp³-hybridized carbons (Fsp3) is 0.200. The van der Waals surface area contributed by atoms with E-state index in [1.54, 1.807) is 6.07 Å². The van der Waals surface area contributed by atoms with E-state index in [-0.39, 0.29) is 5.75 Å². The second-order valence-electron chi connectivity index (χ2n) is 4.10. The van der Waals surface area contributed by atoms with Gasteiger partial charge in [-0.05, 0) is 42.8 Å². The molecule has 0 saturated heterocycles. The van der Waals surface area contributed by atoms with Gasteiger partial charge in [-0.2, -0.15) is 0 Å². The van der Waals surface area contributed by atoms with Crippen LogP contribution in [0.3, 0.4) is 0 Å². The van der Waals surface area contributed by atoms with Crippen LogP contribution in [0.5, 0.6) is 11.5 Å². The number of halogens is 1. The maximum Gasteiger partial charge on any atom is 0.161 e. The zero-order chi connectivity index (χ0) is 13.7. The van der Waals surface area contributed by atoms with Crippen molar-refractivity contribution in [1.82, 2.24) is 0 Å². The molecule has 0 aromatic heterocycles. The number of nitrogens with one attached hydrogen (secondary N) is 1. The van der Waals surface area contributed by atoms with Crippen LogP contribution in [0.1, 0.15) is 12.5 Å². The van der Waals surface area contributed by atoms with E-state index in [9.17, 15) is 5.11 Å². The quantitative estimate of drug-likeness (QED) is 0.866. The number of hydrogen-bond donors (Lipinski definition) is 2. The van der Waals surface area contributed by atoms with Gasteiger partial charge in [0.15, 0.2) is 11.5 Å². The average molecular weight is 278 g/mol. The Morgan fingerprint density at radius 2 is 2.05 bits per heavy atom. The second kappa shape index (κ2) is 6.34. The van der Waals surface area contributed by atoms with Gasteiger partial charge in [-0.1, -0.05) is 23.7 Å². The highest BCUT2D eigenvalue weighted by Crippen LogP contribution is 2.27. The Morgan fingerprint density at radius 3 is 2.79 bits per heavy atom. The molecule has 0 spiro atoms. The molecule has 0 aliphatic rings. The van der Waals surface area contributed by atoms with Crippen LogP contribution in [-0.2, 0) is 6.54 Å². The summed E-state index contributed by atoms with van der Waals surface area (Å²) in [7, 11) is 0. The third-order valence-corrected chi connectivity index (χ3v) is 2.88. The number of aromatic hydroxyl groups is 1. The maximum atomic E-state index is 9.62. The van der Waals surface area contributed by atoms with E-state index in [4.69, 9.17) is 16.3 Å². The summed E-state index contributed by atoms with van der Waals surface area (Å²) in [6.45, 7) is 3.05. The van der Waals surface area contributed by atoms with Crippen LogP contribution in [-0.4, -0.2) is 11.7 Å². The molecular weight excluding hydrogens is 262 g/mol. The van der Waals surface area contributed by atoms with Crippen molar-refractivity contribution < 1.29 is 9.84 Å². The molecule has 0 bridgehead atoms. The lowest BCUT2D eigenvalue weighted by atomic mass is 10.2. The minimum atomic E-state index is 0.161. The molecule has 2 aromatic rings. The minimum absolute atomic E-state index is 0.161. The van der Waals surface area contributed by atoms with E-state index in [0.29, 0.717) is 23.9 Å². The minimum Gasteiger partial charge on any atom is -0.504 e. The Kier molecular flexibility index (Phi) is 4.53. The number of hydrogen-bond acceptors (Lipinski definition) is 3. The summed E-state index contributed by atoms with van der Waals surface area (Å²) in [6, 6.07) is 12.9. The van der Waals surface area contributed by atoms with Crippen LogP contribution in [0.2, 0.25) is 5.02 Å². The number of benzene rings is 2. The van der Waals surface area contributed by atoms with Crippen molar-refractivity contribution >= 4 is 17.3 Å². The zero-order valence-electron chi connectivity index (χ0n) is 10.7. The first-order valence-electron chi connectivity index (χ1n) is 6.13. The van der Waals surface area contributed by atoms with E-state index >= 15 is 0 Å². The Hall–Kier alpha value is -1.87. The molecule has 0 amide bonds. The van der Waals surface area contributed by atoms with Crippen LogP contribution >= 0.6 is 11.6 Å². The van der Waals surface area contributed by atoms with E-state index in [0.717, 1.165) is 11.3 Å². The van der Waals surface area contributed by atoms with Crippen LogP contribution < -0.4 is 10.1 Å². The van der Waals surface area contributed by atoms with Gasteiger partial charge >= 0.3 is 0 Å². The number of phenols is 1. The second-order valence-corrected chi connectivity index (χ2v) is 4.54. The first-order valence-corrected chi connectivity index (χ1v) is 6.51. The molecule has 0 radical (unpaired) electrons. The molecule has 0 atom stereocenters. The monoisotopic (exact) mass is 277 g/mol. The van der Waals surface area contributed by atoms with E-state index in [2.05, 4.69) is 5.32 Å². The van der Waals surface area contributed by atoms with Crippen LogP contribution in [0.4, 0.5) is 5.69 Å². The fourth-order valence-corrected chi connectivity index (χ4v) is 1.93. The third kappa shape index (κ3) is 3.80. The maximum absolute atomic E-state index is 9.62. The fourth-order valence-electron chi connectivity index (χ4n) is 1.74. The summed E-state index contributed by atoms with van der Waals surface area (Å²) in [4.78, 5) is 0. The summed E-state index contributed by atoms with van der Waals surface area (Å²) >= 11 is 5.92. The molecule has 3 nitrogen and oxygen atoms in total. The van der Waals surface area contributed by atoms with Crippen molar-refractivity contribution in [3.05, 3.63) is 53.1 Å². The van der Waals surface area contributed by atoms with Gasteiger partial charge in [0, 0.05) is 17.3 Å². The molecule has 0 unspecified atom stereocenters. The van der Waals surface area contributed by atoms with Crippen LogP contribution in [0.15, 0.2) is 42.5 Å². The lowest BCUT2D eigenvalue weighted by Crippen LogP contribution is -2.00. The van der Waals surface area contributed by atoms with Crippen molar-refractivity contribution in [2.24, 2.45) is 0 Å². The Labute approximate surface area is 117 Å². The van der Waals surface area contributed by atoms with Gasteiger partial charge < -0.3 is 15.2 Å². The summed E-state index contributed by atoms with van der Waals surface area (Å²) in [5, 5.41) is 13.6. The van der Waals surface area contributed by atoms with Gasteiger partial charge in [0.05, 0.1) is 6.61 Å². The summed E-state index contributed by atoms with van der Waals surface area (Å²) < 4.78 is 5.35. The lowest BCUT2D eigenvalue weighted by Gasteiger charge is -2.10. The summed E-state index contributed by atoms with van der Waals surface area (Å²) in [6.07, 6.45) is 0. The van der Waals surface area contributed by atoms with Gasteiger partial charge in [-0.3, -0.25) is 0 Å². The van der Waals surface area contributed by atoms with Gasteiger partial charge in [-0.15, -0.1) is 0 Å². The largest absolute Gasteiger partial charge is 0.504 e. The summed E-state index contributed by atoms with van der Waals surface area (Å²) in [5.41, 5.74) is 1.99. The number of ether oxygens (including phenoxy) is 1. The van der Waals surface area contributed by atoms with Crippen molar-refractivity contribution in [3.63, 3.8) is 0 Å². The first kappa shape index (κ1) is 13.6. The zero-order valence-corrected chi connectivity index (χ0v) is 11.4. The van der Waals surface area contributed by atoms with E-state index in [1.165, 1.54) is 0 Å². The van der Waals surface area contributed by atoms with Crippen LogP contribution in [0, 0.1) is 0 Å². The molecule has 0 aliphatic heterocycles. The molecule has 2 rings (SSSR count). The Balaban J connectivity index is 2.05. The van der Waals surface area contributed by atoms with Gasteiger partial charge in [-0.25, -0.2) is 0 Å². The highest BCUT2D eigenvalue weighted by Gasteiger charge is 2.03. The number of rotatable bonds is 5. The number of anilines is 1. The van der Waals surface area contributed by atoms with Crippen LogP contribution in [0.25, 0.3) is 0 Å². The molecule has 4 heteroatoms.